The molecule has 2 unspecified atom stereocenters. The van der Waals surface area contributed by atoms with Crippen molar-refractivity contribution < 1.29 is 17.9 Å². The van der Waals surface area contributed by atoms with Crippen molar-refractivity contribution in [2.75, 3.05) is 6.61 Å². The highest BCUT2D eigenvalue weighted by Crippen LogP contribution is 2.06. The van der Waals surface area contributed by atoms with Gasteiger partial charge in [0.05, 0.1) is 18.1 Å². The van der Waals surface area contributed by atoms with E-state index in [9.17, 15) is 8.42 Å². The van der Waals surface area contributed by atoms with Crippen LogP contribution < -0.4 is 4.72 Å². The SMILES string of the molecule is CC(Cc1ccco1)NS(=O)(=O)C(C)CO. The summed E-state index contributed by atoms with van der Waals surface area (Å²) in [6.45, 7) is 2.83. The predicted molar refractivity (Wildman–Crippen MR) is 60.5 cm³/mol. The standard InChI is InChI=1S/C10H17NO4S/c1-8(6-10-4-3-5-15-10)11-16(13,14)9(2)7-12/h3-5,8-9,11-12H,6-7H2,1-2H3. The van der Waals surface area contributed by atoms with Crippen molar-refractivity contribution in [3.05, 3.63) is 24.2 Å². The van der Waals surface area contributed by atoms with Crippen LogP contribution in [0, 0.1) is 0 Å². The van der Waals surface area contributed by atoms with Crippen molar-refractivity contribution in [2.24, 2.45) is 0 Å². The first-order valence-electron chi connectivity index (χ1n) is 5.10. The summed E-state index contributed by atoms with van der Waals surface area (Å²) in [5.41, 5.74) is 0. The lowest BCUT2D eigenvalue weighted by Gasteiger charge is -2.16. The van der Waals surface area contributed by atoms with Crippen molar-refractivity contribution in [1.29, 1.82) is 0 Å². The lowest BCUT2D eigenvalue weighted by molar-refractivity contribution is 0.294. The smallest absolute Gasteiger partial charge is 0.216 e. The molecular weight excluding hydrogens is 230 g/mol. The van der Waals surface area contributed by atoms with E-state index < -0.39 is 15.3 Å². The molecule has 16 heavy (non-hydrogen) atoms. The molecule has 0 aliphatic rings. The first-order valence-corrected chi connectivity index (χ1v) is 6.64. The molecule has 1 aromatic rings. The average molecular weight is 247 g/mol. The Balaban J connectivity index is 2.54. The Morgan fingerprint density at radius 3 is 2.69 bits per heavy atom. The van der Waals surface area contributed by atoms with Gasteiger partial charge < -0.3 is 9.52 Å². The molecule has 0 fully saturated rings. The molecule has 0 saturated carbocycles. The predicted octanol–water partition coefficient (Wildman–Crippen LogP) is 0.511. The van der Waals surface area contributed by atoms with Crippen LogP contribution in [0.15, 0.2) is 22.8 Å². The van der Waals surface area contributed by atoms with E-state index in [1.165, 1.54) is 6.92 Å². The van der Waals surface area contributed by atoms with Gasteiger partial charge in [-0.3, -0.25) is 0 Å². The minimum absolute atomic E-state index is 0.259. The Hall–Kier alpha value is -0.850. The normalized spacial score (nSPS) is 15.9. The van der Waals surface area contributed by atoms with Crippen LogP contribution in [0.25, 0.3) is 0 Å². The largest absolute Gasteiger partial charge is 0.469 e. The van der Waals surface area contributed by atoms with E-state index in [1.807, 2.05) is 0 Å². The quantitative estimate of drug-likeness (QED) is 0.767. The zero-order valence-electron chi connectivity index (χ0n) is 9.38. The van der Waals surface area contributed by atoms with E-state index in [1.54, 1.807) is 25.3 Å². The first kappa shape index (κ1) is 13.2. The fourth-order valence-corrected chi connectivity index (χ4v) is 2.34. The van der Waals surface area contributed by atoms with Crippen molar-refractivity contribution in [3.63, 3.8) is 0 Å². The van der Waals surface area contributed by atoms with Gasteiger partial charge in [0.2, 0.25) is 10.0 Å². The maximum Gasteiger partial charge on any atom is 0.216 e. The van der Waals surface area contributed by atoms with Gasteiger partial charge in [-0.1, -0.05) is 0 Å². The number of aliphatic hydroxyl groups excluding tert-OH is 1. The van der Waals surface area contributed by atoms with Crippen molar-refractivity contribution in [1.82, 2.24) is 4.72 Å². The average Bonchev–Trinajstić information content (AvgIpc) is 2.67. The van der Waals surface area contributed by atoms with Gasteiger partial charge in [0.15, 0.2) is 0 Å². The maximum absolute atomic E-state index is 11.6. The van der Waals surface area contributed by atoms with Crippen LogP contribution in [-0.2, 0) is 16.4 Å². The highest BCUT2D eigenvalue weighted by molar-refractivity contribution is 7.90. The van der Waals surface area contributed by atoms with Crippen molar-refractivity contribution in [2.45, 2.75) is 31.6 Å². The van der Waals surface area contributed by atoms with E-state index in [0.717, 1.165) is 5.76 Å². The summed E-state index contributed by atoms with van der Waals surface area (Å²) < 4.78 is 30.8. The molecule has 0 amide bonds. The van der Waals surface area contributed by atoms with Crippen LogP contribution in [0.3, 0.4) is 0 Å². The number of aliphatic hydroxyl groups is 1. The molecule has 0 radical (unpaired) electrons. The van der Waals surface area contributed by atoms with Crippen LogP contribution in [0.1, 0.15) is 19.6 Å². The van der Waals surface area contributed by atoms with Gasteiger partial charge in [-0.25, -0.2) is 13.1 Å². The van der Waals surface area contributed by atoms with Crippen LogP contribution in [0.5, 0.6) is 0 Å². The van der Waals surface area contributed by atoms with E-state index in [0.29, 0.717) is 6.42 Å². The lowest BCUT2D eigenvalue weighted by Crippen LogP contribution is -2.40. The molecule has 1 rings (SSSR count). The lowest BCUT2D eigenvalue weighted by atomic mass is 10.2. The zero-order valence-corrected chi connectivity index (χ0v) is 10.2. The molecule has 0 saturated heterocycles. The number of nitrogens with one attached hydrogen (secondary N) is 1. The topological polar surface area (TPSA) is 79.5 Å². The Bertz CT molecular complexity index is 398. The molecule has 2 atom stereocenters. The second kappa shape index (κ2) is 5.47. The summed E-state index contributed by atoms with van der Waals surface area (Å²) in [5, 5.41) is 8.00. The van der Waals surface area contributed by atoms with Gasteiger partial charge in [0.1, 0.15) is 5.76 Å². The molecule has 0 aliphatic carbocycles. The number of rotatable bonds is 6. The van der Waals surface area contributed by atoms with Crippen molar-refractivity contribution >= 4 is 10.0 Å². The molecule has 92 valence electrons. The molecule has 6 heteroatoms. The van der Waals surface area contributed by atoms with Crippen LogP contribution in [0.2, 0.25) is 0 Å². The third kappa shape index (κ3) is 3.62. The summed E-state index contributed by atoms with van der Waals surface area (Å²) >= 11 is 0. The van der Waals surface area contributed by atoms with Gasteiger partial charge in [-0.05, 0) is 26.0 Å². The maximum atomic E-state index is 11.6. The van der Waals surface area contributed by atoms with Gasteiger partial charge in [-0.15, -0.1) is 0 Å². The fraction of sp³-hybridized carbons (Fsp3) is 0.600. The second-order valence-electron chi connectivity index (χ2n) is 3.84. The Kier molecular flexibility index (Phi) is 4.52. The third-order valence-corrected chi connectivity index (χ3v) is 4.18. The van der Waals surface area contributed by atoms with Crippen LogP contribution >= 0.6 is 0 Å². The Morgan fingerprint density at radius 1 is 1.50 bits per heavy atom. The van der Waals surface area contributed by atoms with Crippen LogP contribution in [0.4, 0.5) is 0 Å². The van der Waals surface area contributed by atoms with E-state index >= 15 is 0 Å². The number of furan rings is 1. The highest BCUT2D eigenvalue weighted by Gasteiger charge is 2.22. The summed E-state index contributed by atoms with van der Waals surface area (Å²) in [5.74, 6) is 0.729. The molecule has 5 nitrogen and oxygen atoms in total. The van der Waals surface area contributed by atoms with Gasteiger partial charge in [0, 0.05) is 12.5 Å². The molecule has 1 aromatic heterocycles. The fourth-order valence-electron chi connectivity index (χ4n) is 1.27. The number of sulfonamides is 1. The third-order valence-electron chi connectivity index (χ3n) is 2.24. The second-order valence-corrected chi connectivity index (χ2v) is 5.97. The monoisotopic (exact) mass is 247 g/mol. The Labute approximate surface area is 95.5 Å². The van der Waals surface area contributed by atoms with E-state index in [2.05, 4.69) is 4.72 Å². The van der Waals surface area contributed by atoms with E-state index in [4.69, 9.17) is 9.52 Å². The Morgan fingerprint density at radius 2 is 2.19 bits per heavy atom. The highest BCUT2D eigenvalue weighted by atomic mass is 32.2. The summed E-state index contributed by atoms with van der Waals surface area (Å²) in [6.07, 6.45) is 2.04. The molecule has 0 spiro atoms. The molecule has 0 aromatic carbocycles. The first-order chi connectivity index (χ1) is 7.45. The molecule has 0 bridgehead atoms. The minimum atomic E-state index is -3.45. The minimum Gasteiger partial charge on any atom is -0.469 e. The summed E-state index contributed by atoms with van der Waals surface area (Å²) in [6, 6.07) is 3.29. The van der Waals surface area contributed by atoms with Gasteiger partial charge >= 0.3 is 0 Å². The summed E-state index contributed by atoms with van der Waals surface area (Å²) in [7, 11) is -3.45. The summed E-state index contributed by atoms with van der Waals surface area (Å²) in [4.78, 5) is 0. The van der Waals surface area contributed by atoms with Crippen molar-refractivity contribution in [3.8, 4) is 0 Å². The van der Waals surface area contributed by atoms with Gasteiger partial charge in [0.25, 0.3) is 0 Å². The molecule has 1 heterocycles. The molecule has 0 aliphatic heterocycles. The van der Waals surface area contributed by atoms with Gasteiger partial charge in [-0.2, -0.15) is 0 Å². The molecule has 2 N–H and O–H groups in total. The molecular formula is C10H17NO4S. The zero-order chi connectivity index (χ0) is 12.2. The van der Waals surface area contributed by atoms with Crippen LogP contribution in [-0.4, -0.2) is 31.4 Å². The van der Waals surface area contributed by atoms with E-state index in [-0.39, 0.29) is 12.6 Å². The number of hydrogen-bond donors (Lipinski definition) is 2. The number of hydrogen-bond acceptors (Lipinski definition) is 4.